The Hall–Kier alpha value is -2.76. The van der Waals surface area contributed by atoms with E-state index < -0.39 is 76.3 Å². The van der Waals surface area contributed by atoms with Crippen LogP contribution in [0.1, 0.15) is 32.1 Å². The average Bonchev–Trinajstić information content (AvgIpc) is 3.81. The van der Waals surface area contributed by atoms with Crippen molar-refractivity contribution in [2.24, 2.45) is 5.41 Å². The number of sulfone groups is 1. The van der Waals surface area contributed by atoms with Gasteiger partial charge in [-0.15, -0.1) is 0 Å². The maximum absolute atomic E-state index is 13.8. The van der Waals surface area contributed by atoms with Crippen LogP contribution in [-0.4, -0.2) is 93.2 Å². The van der Waals surface area contributed by atoms with Crippen molar-refractivity contribution in [3.8, 4) is 6.07 Å². The number of hydrogen-bond donors (Lipinski definition) is 1. The molecule has 1 N–H and O–H groups in total. The number of halogens is 4. The Kier molecular flexibility index (Phi) is 7.16. The van der Waals surface area contributed by atoms with E-state index in [0.29, 0.717) is 17.7 Å². The highest BCUT2D eigenvalue weighted by Gasteiger charge is 2.70. The normalized spacial score (nSPS) is 25.7. The van der Waals surface area contributed by atoms with E-state index in [0.717, 1.165) is 31.9 Å². The molecule has 1 aromatic rings. The predicted octanol–water partition coefficient (Wildman–Crippen LogP) is 2.92. The summed E-state index contributed by atoms with van der Waals surface area (Å²) in [5, 5.41) is 10.2. The summed E-state index contributed by atoms with van der Waals surface area (Å²) in [6, 6.07) is 6.46. The second-order valence-electron chi connectivity index (χ2n) is 11.0. The molecule has 2 atom stereocenters. The molecule has 2 heterocycles. The van der Waals surface area contributed by atoms with Crippen molar-refractivity contribution in [2.75, 3.05) is 44.7 Å². The Morgan fingerprint density at radius 1 is 1.15 bits per heavy atom. The number of anilines is 1. The third-order valence-electron chi connectivity index (χ3n) is 8.25. The summed E-state index contributed by atoms with van der Waals surface area (Å²) in [5.41, 5.74) is -3.01. The van der Waals surface area contributed by atoms with Crippen molar-refractivity contribution in [3.63, 3.8) is 0 Å². The molecule has 15 heteroatoms. The molecule has 1 aromatic carbocycles. The zero-order valence-corrected chi connectivity index (χ0v) is 23.3. The van der Waals surface area contributed by atoms with Gasteiger partial charge in [0.15, 0.2) is 16.1 Å². The van der Waals surface area contributed by atoms with E-state index >= 15 is 0 Å². The summed E-state index contributed by atoms with van der Waals surface area (Å²) in [5.74, 6) is -1.33. The Morgan fingerprint density at radius 3 is 2.33 bits per heavy atom. The van der Waals surface area contributed by atoms with E-state index in [4.69, 9.17) is 16.3 Å². The van der Waals surface area contributed by atoms with Crippen LogP contribution >= 0.6 is 11.6 Å². The summed E-state index contributed by atoms with van der Waals surface area (Å²) in [7, 11) is -2.24. The molecule has 218 valence electrons. The van der Waals surface area contributed by atoms with Crippen molar-refractivity contribution >= 4 is 39.1 Å². The van der Waals surface area contributed by atoms with Crippen LogP contribution in [0.4, 0.5) is 23.7 Å². The van der Waals surface area contributed by atoms with Gasteiger partial charge in [-0.05, 0) is 50.9 Å². The van der Waals surface area contributed by atoms with Crippen LogP contribution < -0.4 is 10.2 Å². The van der Waals surface area contributed by atoms with E-state index in [1.807, 2.05) is 13.1 Å². The monoisotopic (exact) mass is 603 g/mol. The van der Waals surface area contributed by atoms with Gasteiger partial charge < -0.3 is 24.8 Å². The molecule has 2 aliphatic carbocycles. The van der Waals surface area contributed by atoms with Gasteiger partial charge in [-0.3, -0.25) is 4.79 Å². The molecular weight excluding hydrogens is 575 g/mol. The largest absolute Gasteiger partial charge is 0.425 e. The number of likely N-dealkylation sites (N-methyl/N-ethyl adjacent to an activating group) is 1. The van der Waals surface area contributed by atoms with Crippen LogP contribution in [0.3, 0.4) is 0 Å². The first-order valence-electron chi connectivity index (χ1n) is 13.0. The van der Waals surface area contributed by atoms with E-state index in [1.54, 1.807) is 12.1 Å². The molecule has 0 unspecified atom stereocenters. The van der Waals surface area contributed by atoms with Crippen molar-refractivity contribution in [2.45, 2.75) is 60.2 Å². The molecule has 0 aromatic heterocycles. The fraction of sp³-hybridized carbons (Fsp3) is 0.640. The Labute approximate surface area is 234 Å². The molecule has 5 rings (SSSR count). The Morgan fingerprint density at radius 2 is 1.80 bits per heavy atom. The minimum absolute atomic E-state index is 0.0462. The predicted molar refractivity (Wildman–Crippen MR) is 137 cm³/mol. The third-order valence-corrected chi connectivity index (χ3v) is 10.9. The first-order valence-corrected chi connectivity index (χ1v) is 14.9. The smallest absolute Gasteiger partial charge is 0.410 e. The van der Waals surface area contributed by atoms with Crippen molar-refractivity contribution in [3.05, 3.63) is 23.2 Å². The topological polar surface area (TPSA) is 123 Å². The number of nitrogens with zero attached hydrogens (tertiary/aromatic N) is 4. The molecule has 4 fully saturated rings. The lowest BCUT2D eigenvalue weighted by Crippen LogP contribution is -2.49. The molecular formula is C25H29ClF3N5O5S. The van der Waals surface area contributed by atoms with Gasteiger partial charge in [0.2, 0.25) is 5.91 Å². The van der Waals surface area contributed by atoms with Crippen LogP contribution in [0.5, 0.6) is 0 Å². The number of carbonyl (C=O) groups is 2. The lowest BCUT2D eigenvalue weighted by Gasteiger charge is -2.34. The molecule has 0 spiro atoms. The van der Waals surface area contributed by atoms with Crippen LogP contribution in [-0.2, 0) is 19.4 Å². The number of alkyl carbamates (subject to hydrolysis) is 1. The number of nitriles is 1. The highest BCUT2D eigenvalue weighted by Crippen LogP contribution is 2.59. The Balaban J connectivity index is 1.38. The highest BCUT2D eigenvalue weighted by atomic mass is 35.5. The summed E-state index contributed by atoms with van der Waals surface area (Å²) < 4.78 is 74.0. The molecule has 2 amide bonds. The van der Waals surface area contributed by atoms with Crippen LogP contribution in [0.2, 0.25) is 5.02 Å². The molecule has 10 nitrogen and oxygen atoms in total. The first-order chi connectivity index (χ1) is 18.7. The van der Waals surface area contributed by atoms with Gasteiger partial charge in [-0.2, -0.15) is 18.4 Å². The zero-order chi connectivity index (χ0) is 29.1. The molecule has 4 aliphatic rings. The summed E-state index contributed by atoms with van der Waals surface area (Å²) in [6.45, 7) is 2.51. The highest BCUT2D eigenvalue weighted by molar-refractivity contribution is 7.92. The van der Waals surface area contributed by atoms with Gasteiger partial charge in [-0.1, -0.05) is 11.6 Å². The number of rotatable bonds is 6. The van der Waals surface area contributed by atoms with Crippen LogP contribution in [0, 0.1) is 16.7 Å². The first kappa shape index (κ1) is 28.8. The number of benzene rings is 1. The molecule has 40 heavy (non-hydrogen) atoms. The van der Waals surface area contributed by atoms with Gasteiger partial charge in [0, 0.05) is 44.8 Å². The van der Waals surface area contributed by atoms with Gasteiger partial charge in [-0.25, -0.2) is 13.2 Å². The van der Waals surface area contributed by atoms with Gasteiger partial charge >= 0.3 is 12.3 Å². The summed E-state index contributed by atoms with van der Waals surface area (Å²) in [6.07, 6.45) is -8.05. The van der Waals surface area contributed by atoms with Crippen LogP contribution in [0.25, 0.3) is 0 Å². The number of hydrogen-bond acceptors (Lipinski definition) is 8. The van der Waals surface area contributed by atoms with Crippen molar-refractivity contribution in [1.29, 1.82) is 5.26 Å². The number of likely N-dealkylation sites (tertiary alicyclic amines) is 1. The minimum Gasteiger partial charge on any atom is -0.425 e. The fourth-order valence-corrected chi connectivity index (χ4v) is 7.45. The third kappa shape index (κ3) is 5.19. The number of carbonyl (C=O) groups excluding carboxylic acids is 2. The maximum atomic E-state index is 13.8. The quantitative estimate of drug-likeness (QED) is 0.527. The zero-order valence-electron chi connectivity index (χ0n) is 21.7. The molecule has 2 aliphatic heterocycles. The fourth-order valence-electron chi connectivity index (χ4n) is 5.23. The number of alkyl halides is 3. The van der Waals surface area contributed by atoms with Crippen LogP contribution in [0.15, 0.2) is 23.1 Å². The molecule has 0 bridgehead atoms. The van der Waals surface area contributed by atoms with E-state index in [9.17, 15) is 36.4 Å². The van der Waals surface area contributed by atoms with E-state index in [-0.39, 0.29) is 9.92 Å². The van der Waals surface area contributed by atoms with Crippen molar-refractivity contribution in [1.82, 2.24) is 15.1 Å². The number of piperazine rings is 1. The second kappa shape index (κ2) is 9.95. The van der Waals surface area contributed by atoms with E-state index in [2.05, 4.69) is 15.1 Å². The number of nitrogens with one attached hydrogen (secondary N) is 1. The lowest BCUT2D eigenvalue weighted by atomic mass is 10.1. The number of amides is 2. The van der Waals surface area contributed by atoms with Gasteiger partial charge in [0.05, 0.1) is 21.2 Å². The van der Waals surface area contributed by atoms with E-state index in [1.165, 1.54) is 6.07 Å². The SMILES string of the molecule is CN1CCN(c2ccc(S(=O)(=O)[C@@H]3C[C@H](OC(=O)NC4(C#N)CC4)N(C(=O)C4(C(F)(F)F)CC4)C3)c(Cl)c2)CC1. The average molecular weight is 604 g/mol. The minimum atomic E-state index is -4.84. The maximum Gasteiger partial charge on any atom is 0.410 e. The van der Waals surface area contributed by atoms with Crippen molar-refractivity contribution < 1.29 is 35.9 Å². The summed E-state index contributed by atoms with van der Waals surface area (Å²) in [4.78, 5) is 30.4. The Bertz CT molecular complexity index is 1350. The summed E-state index contributed by atoms with van der Waals surface area (Å²) >= 11 is 6.43. The lowest BCUT2D eigenvalue weighted by molar-refractivity contribution is -0.201. The molecule has 0 radical (unpaired) electrons. The van der Waals surface area contributed by atoms with Gasteiger partial charge in [0.25, 0.3) is 0 Å². The second-order valence-corrected chi connectivity index (χ2v) is 13.6. The number of ether oxygens (including phenoxy) is 1. The molecule has 2 saturated heterocycles. The molecule has 2 saturated carbocycles. The standard InChI is InChI=1S/C25H29ClF3N5O5S/c1-32-8-10-33(11-9-32)16-2-3-19(18(26)12-16)40(37,38)17-13-20(39-22(36)31-23(15-30)4-5-23)34(14-17)21(35)24(6-7-24)25(27,28)29/h2-3,12,17,20H,4-11,13-14H2,1H3,(H,31,36)/t17-,20+/m1/s1. The van der Waals surface area contributed by atoms with Gasteiger partial charge in [0.1, 0.15) is 11.0 Å².